The summed E-state index contributed by atoms with van der Waals surface area (Å²) in [4.78, 5) is 57.0. The average Bonchev–Trinajstić information content (AvgIpc) is 3.43. The Labute approximate surface area is 257 Å². The van der Waals surface area contributed by atoms with Crippen LogP contribution in [0.25, 0.3) is 22.3 Å². The Balaban J connectivity index is 1.30. The Morgan fingerprint density at radius 1 is 1.02 bits per heavy atom. The number of carbonyl (C=O) groups is 2. The first kappa shape index (κ1) is 29.4. The van der Waals surface area contributed by atoms with E-state index in [-0.39, 0.29) is 17.5 Å². The maximum Gasteiger partial charge on any atom is 0.407 e. The van der Waals surface area contributed by atoms with Gasteiger partial charge in [-0.2, -0.15) is 5.10 Å². The maximum absolute atomic E-state index is 13.4. The Morgan fingerprint density at radius 2 is 1.71 bits per heavy atom. The largest absolute Gasteiger partial charge is 0.465 e. The van der Waals surface area contributed by atoms with Crippen molar-refractivity contribution < 1.29 is 14.7 Å². The van der Waals surface area contributed by atoms with Crippen molar-refractivity contribution in [2.24, 2.45) is 0 Å². The number of carboxylic acid groups (broad SMARTS) is 1. The fourth-order valence-electron chi connectivity index (χ4n) is 5.80. The number of nitrogens with two attached hydrogens (primary N) is 1. The van der Waals surface area contributed by atoms with Crippen LogP contribution in [0.5, 0.6) is 0 Å². The summed E-state index contributed by atoms with van der Waals surface area (Å²) in [7, 11) is 0. The number of nitrogens with one attached hydrogen (secondary N) is 1. The molecule has 2 aromatic carbocycles. The van der Waals surface area contributed by atoms with E-state index in [2.05, 4.69) is 15.4 Å². The molecule has 0 aliphatic carbocycles. The number of piperidine rings is 1. The highest BCUT2D eigenvalue weighted by molar-refractivity contribution is 6.04. The van der Waals surface area contributed by atoms with E-state index in [0.29, 0.717) is 48.6 Å². The number of aromatic nitrogens is 5. The van der Waals surface area contributed by atoms with Crippen LogP contribution < -0.4 is 22.3 Å². The van der Waals surface area contributed by atoms with Crippen LogP contribution in [0, 0.1) is 0 Å². The van der Waals surface area contributed by atoms with Gasteiger partial charge >= 0.3 is 11.8 Å². The van der Waals surface area contributed by atoms with Crippen LogP contribution in [0.3, 0.4) is 0 Å². The first-order valence-electron chi connectivity index (χ1n) is 14.6. The van der Waals surface area contributed by atoms with Gasteiger partial charge in [-0.25, -0.2) is 23.7 Å². The van der Waals surface area contributed by atoms with Gasteiger partial charge in [0.15, 0.2) is 5.82 Å². The van der Waals surface area contributed by atoms with Crippen LogP contribution in [-0.4, -0.2) is 58.8 Å². The monoisotopic (exact) mass is 608 g/mol. The maximum atomic E-state index is 13.4. The molecule has 5 aromatic rings. The summed E-state index contributed by atoms with van der Waals surface area (Å²) < 4.78 is 4.14. The van der Waals surface area contributed by atoms with E-state index in [1.807, 2.05) is 18.2 Å². The zero-order chi connectivity index (χ0) is 31.8. The number of benzene rings is 2. The first-order chi connectivity index (χ1) is 21.6. The second-order valence-corrected chi connectivity index (χ2v) is 11.3. The highest BCUT2D eigenvalue weighted by Gasteiger charge is 2.28. The lowest BCUT2D eigenvalue weighted by Crippen LogP contribution is -2.42. The van der Waals surface area contributed by atoms with Crippen LogP contribution in [0.2, 0.25) is 0 Å². The normalized spacial score (nSPS) is 13.8. The molecule has 1 aliphatic rings. The van der Waals surface area contributed by atoms with E-state index in [0.717, 1.165) is 21.4 Å². The Kier molecular flexibility index (Phi) is 7.67. The summed E-state index contributed by atoms with van der Waals surface area (Å²) in [5, 5.41) is 16.6. The van der Waals surface area contributed by atoms with Crippen molar-refractivity contribution in [2.45, 2.75) is 38.6 Å². The number of nitrogens with zero attached hydrogens (tertiary/aromatic N) is 6. The van der Waals surface area contributed by atoms with Gasteiger partial charge in [-0.15, -0.1) is 0 Å². The molecule has 2 amide bonds. The number of rotatable bonds is 6. The van der Waals surface area contributed by atoms with Crippen molar-refractivity contribution in [1.29, 1.82) is 0 Å². The van der Waals surface area contributed by atoms with Gasteiger partial charge in [-0.05, 0) is 62.6 Å². The van der Waals surface area contributed by atoms with Gasteiger partial charge in [0.2, 0.25) is 0 Å². The molecule has 4 N–H and O–H groups in total. The molecule has 0 unspecified atom stereocenters. The second-order valence-electron chi connectivity index (χ2n) is 11.3. The van der Waals surface area contributed by atoms with Crippen molar-refractivity contribution in [2.75, 3.05) is 24.1 Å². The predicted octanol–water partition coefficient (Wildman–Crippen LogP) is 3.98. The molecule has 1 fully saturated rings. The quantitative estimate of drug-likeness (QED) is 0.260. The van der Waals surface area contributed by atoms with E-state index in [1.165, 1.54) is 22.0 Å². The molecular formula is C32H32N8O5. The molecule has 1 saturated heterocycles. The SMILES string of the molecule is CC(C)n1cc(C(=O)Nc2ccc(-c3cc(C4CCN(C(=O)O)CC4)n4ncnc(N)c34)cc2)c(=O)n(-c2ccccc2)c1=O. The van der Waals surface area contributed by atoms with Gasteiger partial charge in [0.05, 0.1) is 5.69 Å². The summed E-state index contributed by atoms with van der Waals surface area (Å²) in [5.41, 5.74) is 8.88. The third-order valence-corrected chi connectivity index (χ3v) is 8.18. The van der Waals surface area contributed by atoms with Gasteiger partial charge < -0.3 is 21.1 Å². The second kappa shape index (κ2) is 11.8. The van der Waals surface area contributed by atoms with Crippen molar-refractivity contribution in [3.63, 3.8) is 0 Å². The number of fused-ring (bicyclic) bond motifs is 1. The van der Waals surface area contributed by atoms with Crippen LogP contribution in [0.1, 0.15) is 54.7 Å². The Hall–Kier alpha value is -5.72. The van der Waals surface area contributed by atoms with Gasteiger partial charge in [-0.3, -0.25) is 14.2 Å². The fourth-order valence-corrected chi connectivity index (χ4v) is 5.80. The van der Waals surface area contributed by atoms with Gasteiger partial charge in [-0.1, -0.05) is 30.3 Å². The third kappa shape index (κ3) is 5.44. The number of likely N-dealkylation sites (tertiary alicyclic amines) is 1. The number of hydrogen-bond acceptors (Lipinski definition) is 7. The minimum Gasteiger partial charge on any atom is -0.465 e. The smallest absolute Gasteiger partial charge is 0.407 e. The van der Waals surface area contributed by atoms with Crippen molar-refractivity contribution in [1.82, 2.24) is 28.6 Å². The highest BCUT2D eigenvalue weighted by atomic mass is 16.4. The van der Waals surface area contributed by atoms with Crippen molar-refractivity contribution in [3.05, 3.63) is 105 Å². The molecule has 0 radical (unpaired) electrons. The number of para-hydroxylation sites is 1. The lowest BCUT2D eigenvalue weighted by atomic mass is 9.93. The lowest BCUT2D eigenvalue weighted by Gasteiger charge is -2.29. The van der Waals surface area contributed by atoms with E-state index < -0.39 is 23.2 Å². The molecule has 0 saturated carbocycles. The first-order valence-corrected chi connectivity index (χ1v) is 14.6. The lowest BCUT2D eigenvalue weighted by molar-refractivity contribution is 0.102. The number of carbonyl (C=O) groups excluding carboxylic acids is 1. The molecule has 3 aromatic heterocycles. The van der Waals surface area contributed by atoms with Crippen LogP contribution in [0.4, 0.5) is 16.3 Å². The summed E-state index contributed by atoms with van der Waals surface area (Å²) >= 11 is 0. The molecule has 230 valence electrons. The van der Waals surface area contributed by atoms with Gasteiger partial charge in [0, 0.05) is 48.2 Å². The standard InChI is InChI=1S/C32H32N8O5/c1-19(2)38-17-25(30(42)39(31(38)43)23-6-4-3-5-7-23)29(41)36-22-10-8-20(9-11-22)24-16-26(40-27(24)28(33)34-18-35-40)21-12-14-37(15-13-21)32(44)45/h3-11,16-19,21H,12-15H2,1-2H3,(H,36,41)(H,44,45)(H2,33,34,35). The van der Waals surface area contributed by atoms with E-state index >= 15 is 0 Å². The third-order valence-electron chi connectivity index (χ3n) is 8.18. The summed E-state index contributed by atoms with van der Waals surface area (Å²) in [5.74, 6) is -0.251. The van der Waals surface area contributed by atoms with Gasteiger partial charge in [0.1, 0.15) is 17.4 Å². The molecule has 0 atom stereocenters. The zero-order valence-corrected chi connectivity index (χ0v) is 24.8. The summed E-state index contributed by atoms with van der Waals surface area (Å²) in [6.45, 7) is 4.47. The number of nitrogen functional groups attached to an aromatic ring is 1. The molecule has 13 nitrogen and oxygen atoms in total. The fraction of sp³-hybridized carbons (Fsp3) is 0.250. The average molecular weight is 609 g/mol. The molecule has 0 bridgehead atoms. The molecule has 6 rings (SSSR count). The number of anilines is 2. The van der Waals surface area contributed by atoms with E-state index in [1.54, 1.807) is 60.8 Å². The van der Waals surface area contributed by atoms with Crippen LogP contribution >= 0.6 is 0 Å². The Morgan fingerprint density at radius 3 is 2.36 bits per heavy atom. The van der Waals surface area contributed by atoms with Crippen molar-refractivity contribution >= 4 is 29.0 Å². The van der Waals surface area contributed by atoms with Gasteiger partial charge in [0.25, 0.3) is 11.5 Å². The minimum absolute atomic E-state index is 0.0868. The zero-order valence-electron chi connectivity index (χ0n) is 24.8. The Bertz CT molecular complexity index is 2020. The molecule has 4 heterocycles. The number of hydrogen-bond donors (Lipinski definition) is 3. The molecule has 1 aliphatic heterocycles. The molecule has 45 heavy (non-hydrogen) atoms. The van der Waals surface area contributed by atoms with E-state index in [4.69, 9.17) is 5.73 Å². The highest BCUT2D eigenvalue weighted by Crippen LogP contribution is 2.37. The van der Waals surface area contributed by atoms with Crippen molar-refractivity contribution in [3.8, 4) is 16.8 Å². The van der Waals surface area contributed by atoms with E-state index in [9.17, 15) is 24.3 Å². The summed E-state index contributed by atoms with van der Waals surface area (Å²) in [6, 6.07) is 17.3. The topological polar surface area (TPSA) is 170 Å². The van der Waals surface area contributed by atoms with Crippen LogP contribution in [-0.2, 0) is 0 Å². The molecular weight excluding hydrogens is 576 g/mol. The number of amides is 2. The summed E-state index contributed by atoms with van der Waals surface area (Å²) in [6.07, 6.45) is 3.09. The molecule has 13 heteroatoms. The van der Waals surface area contributed by atoms with Crippen LogP contribution in [0.15, 0.2) is 82.8 Å². The minimum atomic E-state index is -0.920. The predicted molar refractivity (Wildman–Crippen MR) is 169 cm³/mol. The molecule has 0 spiro atoms.